The molecule has 0 radical (unpaired) electrons. The second-order valence-electron chi connectivity index (χ2n) is 15.4. The molecule has 1 fully saturated rings. The maximum absolute atomic E-state index is 11.7. The molecule has 0 amide bonds. The highest BCUT2D eigenvalue weighted by molar-refractivity contribution is 5.83. The third kappa shape index (κ3) is 14.2. The molecule has 0 aliphatic heterocycles. The Balaban J connectivity index is 0.000000242. The molecule has 1 saturated carbocycles. The van der Waals surface area contributed by atoms with Crippen molar-refractivity contribution in [2.24, 2.45) is 34.0 Å². The standard InChI is InChI=1S/C15H22O2.C13H18O2.C12H16O2/c1-15(2,3)14(16)17-10-13-11-8-6-4-5-7-9-12(11)13;1-13(2,3)12(15)9-6-10-4-7-11(14)8-5-10;1-12(2,3)11(13)14-9-10-7-5-4-6-8-10/h11-13H,6-10H2,1-3H3;4-5,7-8,14H,6,9H2,1-3H3;4-8H,9H2,1-3H3/t11-,12+,13?;;. The Bertz CT molecular complexity index is 1290. The molecule has 6 heteroatoms. The molecule has 6 nitrogen and oxygen atoms in total. The van der Waals surface area contributed by atoms with Crippen LogP contribution < -0.4 is 0 Å². The first-order valence-corrected chi connectivity index (χ1v) is 16.5. The molecule has 0 aromatic heterocycles. The van der Waals surface area contributed by atoms with Crippen molar-refractivity contribution in [2.45, 2.75) is 107 Å². The number of esters is 2. The van der Waals surface area contributed by atoms with Crippen LogP contribution in [-0.2, 0) is 36.9 Å². The average molecular weight is 633 g/mol. The number of phenols is 1. The fourth-order valence-corrected chi connectivity index (χ4v) is 4.91. The summed E-state index contributed by atoms with van der Waals surface area (Å²) < 4.78 is 10.6. The molecule has 1 N–H and O–H groups in total. The molecule has 1 unspecified atom stereocenters. The molecular formula is C40H56O6. The van der Waals surface area contributed by atoms with E-state index in [1.54, 1.807) is 12.1 Å². The van der Waals surface area contributed by atoms with E-state index >= 15 is 0 Å². The average Bonchev–Trinajstić information content (AvgIpc) is 3.62. The topological polar surface area (TPSA) is 89.9 Å². The van der Waals surface area contributed by atoms with Crippen LogP contribution in [0.5, 0.6) is 5.75 Å². The second kappa shape index (κ2) is 17.4. The summed E-state index contributed by atoms with van der Waals surface area (Å²) >= 11 is 0. The van der Waals surface area contributed by atoms with E-state index in [0.29, 0.717) is 25.6 Å². The fourth-order valence-electron chi connectivity index (χ4n) is 4.91. The number of ether oxygens (including phenoxy) is 2. The highest BCUT2D eigenvalue weighted by Gasteiger charge is 2.49. The molecular weight excluding hydrogens is 576 g/mol. The fraction of sp³-hybridized carbons (Fsp3) is 0.575. The van der Waals surface area contributed by atoms with Gasteiger partial charge < -0.3 is 14.6 Å². The third-order valence-corrected chi connectivity index (χ3v) is 8.10. The number of rotatable bonds is 7. The number of hydrogen-bond donors (Lipinski definition) is 1. The van der Waals surface area contributed by atoms with Gasteiger partial charge in [0, 0.05) is 24.7 Å². The number of benzene rings is 2. The van der Waals surface area contributed by atoms with E-state index in [1.165, 1.54) is 12.8 Å². The van der Waals surface area contributed by atoms with Gasteiger partial charge in [-0.15, -0.1) is 11.8 Å². The zero-order valence-electron chi connectivity index (χ0n) is 29.6. The highest BCUT2D eigenvalue weighted by atomic mass is 16.5. The van der Waals surface area contributed by atoms with Crippen LogP contribution in [0.3, 0.4) is 0 Å². The first kappa shape index (κ1) is 38.6. The number of hydrogen-bond acceptors (Lipinski definition) is 6. The molecule has 3 atom stereocenters. The number of aryl methyl sites for hydroxylation is 1. The first-order valence-electron chi connectivity index (χ1n) is 16.5. The smallest absolute Gasteiger partial charge is 0.311 e. The Morgan fingerprint density at radius 3 is 1.67 bits per heavy atom. The van der Waals surface area contributed by atoms with Crippen LogP contribution in [0.15, 0.2) is 54.6 Å². The first-order chi connectivity index (χ1) is 21.4. The molecule has 2 aliphatic rings. The van der Waals surface area contributed by atoms with Gasteiger partial charge in [0.2, 0.25) is 0 Å². The van der Waals surface area contributed by atoms with Crippen LogP contribution in [0.2, 0.25) is 0 Å². The lowest BCUT2D eigenvalue weighted by molar-refractivity contribution is -0.154. The lowest BCUT2D eigenvalue weighted by Crippen LogP contribution is -2.24. The monoisotopic (exact) mass is 632 g/mol. The Morgan fingerprint density at radius 1 is 0.696 bits per heavy atom. The molecule has 0 bridgehead atoms. The van der Waals surface area contributed by atoms with E-state index in [-0.39, 0.29) is 34.3 Å². The molecule has 2 aromatic rings. The predicted molar refractivity (Wildman–Crippen MR) is 184 cm³/mol. The van der Waals surface area contributed by atoms with Crippen molar-refractivity contribution in [1.29, 1.82) is 0 Å². The number of phenolic OH excluding ortho intramolecular Hbond substituents is 1. The molecule has 0 saturated heterocycles. The minimum Gasteiger partial charge on any atom is -0.508 e. The van der Waals surface area contributed by atoms with Crippen molar-refractivity contribution < 1.29 is 29.0 Å². The molecule has 46 heavy (non-hydrogen) atoms. The van der Waals surface area contributed by atoms with Crippen molar-refractivity contribution in [1.82, 2.24) is 0 Å². The van der Waals surface area contributed by atoms with Crippen LogP contribution >= 0.6 is 0 Å². The number of carbonyl (C=O) groups excluding carboxylic acids is 3. The molecule has 4 rings (SSSR count). The van der Waals surface area contributed by atoms with E-state index in [0.717, 1.165) is 42.2 Å². The zero-order chi connectivity index (χ0) is 34.5. The number of aromatic hydroxyl groups is 1. The minimum atomic E-state index is -0.422. The van der Waals surface area contributed by atoms with Gasteiger partial charge >= 0.3 is 11.9 Å². The van der Waals surface area contributed by atoms with E-state index in [2.05, 4.69) is 11.8 Å². The Kier molecular flexibility index (Phi) is 14.6. The lowest BCUT2D eigenvalue weighted by atomic mass is 9.87. The van der Waals surface area contributed by atoms with Gasteiger partial charge in [0.05, 0.1) is 17.4 Å². The number of carbonyl (C=O) groups is 3. The number of ketones is 1. The van der Waals surface area contributed by atoms with E-state index in [9.17, 15) is 14.4 Å². The minimum absolute atomic E-state index is 0.0759. The Hall–Kier alpha value is -3.59. The Morgan fingerprint density at radius 2 is 1.20 bits per heavy atom. The van der Waals surface area contributed by atoms with Gasteiger partial charge in [0.15, 0.2) is 0 Å². The Labute approximate surface area is 277 Å². The van der Waals surface area contributed by atoms with Gasteiger partial charge in [-0.2, -0.15) is 0 Å². The summed E-state index contributed by atoms with van der Waals surface area (Å²) in [5.74, 6) is 8.81. The lowest BCUT2D eigenvalue weighted by Gasteiger charge is -2.16. The van der Waals surface area contributed by atoms with Gasteiger partial charge in [-0.3, -0.25) is 14.4 Å². The van der Waals surface area contributed by atoms with Gasteiger partial charge in [-0.05, 0) is 102 Å². The number of fused-ring (bicyclic) bond motifs is 1. The van der Waals surface area contributed by atoms with Gasteiger partial charge in [-0.25, -0.2) is 0 Å². The van der Waals surface area contributed by atoms with Crippen LogP contribution in [0, 0.1) is 45.8 Å². The third-order valence-electron chi connectivity index (χ3n) is 8.10. The molecule has 0 spiro atoms. The number of Topliss-reactive ketones (excluding diaryl/α,β-unsaturated/α-hetero) is 1. The molecule has 2 aliphatic carbocycles. The van der Waals surface area contributed by atoms with Crippen molar-refractivity contribution in [3.8, 4) is 17.6 Å². The van der Waals surface area contributed by atoms with Crippen molar-refractivity contribution >= 4 is 17.7 Å². The highest BCUT2D eigenvalue weighted by Crippen LogP contribution is 2.52. The largest absolute Gasteiger partial charge is 0.508 e. The SMILES string of the molecule is CC(C)(C)C(=O)CCc1ccc(O)cc1.CC(C)(C)C(=O)OCC1[C@H]2CCC#CCC[C@@H]12.CC(C)(C)C(=O)OCc1ccccc1. The summed E-state index contributed by atoms with van der Waals surface area (Å²) in [6.07, 6.45) is 5.73. The van der Waals surface area contributed by atoms with Crippen LogP contribution in [-0.4, -0.2) is 29.4 Å². The van der Waals surface area contributed by atoms with Crippen LogP contribution in [0.25, 0.3) is 0 Å². The van der Waals surface area contributed by atoms with Crippen molar-refractivity contribution in [3.05, 3.63) is 65.7 Å². The second-order valence-corrected chi connectivity index (χ2v) is 15.4. The van der Waals surface area contributed by atoms with Gasteiger partial charge in [0.1, 0.15) is 18.1 Å². The van der Waals surface area contributed by atoms with E-state index in [4.69, 9.17) is 14.6 Å². The molecule has 0 heterocycles. The maximum Gasteiger partial charge on any atom is 0.311 e. The summed E-state index contributed by atoms with van der Waals surface area (Å²) in [5, 5.41) is 9.10. The molecule has 2 aromatic carbocycles. The summed E-state index contributed by atoms with van der Waals surface area (Å²) in [7, 11) is 0. The van der Waals surface area contributed by atoms with Crippen LogP contribution in [0.4, 0.5) is 0 Å². The van der Waals surface area contributed by atoms with Gasteiger partial charge in [-0.1, -0.05) is 63.2 Å². The van der Waals surface area contributed by atoms with Crippen molar-refractivity contribution in [2.75, 3.05) is 6.61 Å². The summed E-state index contributed by atoms with van der Waals surface area (Å²) in [5.41, 5.74) is 1.05. The summed E-state index contributed by atoms with van der Waals surface area (Å²) in [6, 6.07) is 16.7. The predicted octanol–water partition coefficient (Wildman–Crippen LogP) is 8.73. The normalized spacial score (nSPS) is 18.7. The quantitative estimate of drug-likeness (QED) is 0.243. The molecule has 252 valence electrons. The van der Waals surface area contributed by atoms with E-state index < -0.39 is 5.41 Å². The van der Waals surface area contributed by atoms with Gasteiger partial charge in [0.25, 0.3) is 0 Å². The zero-order valence-corrected chi connectivity index (χ0v) is 29.6. The summed E-state index contributed by atoms with van der Waals surface area (Å²) in [4.78, 5) is 34.8. The summed E-state index contributed by atoms with van der Waals surface area (Å²) in [6.45, 7) is 18.0. The maximum atomic E-state index is 11.7. The van der Waals surface area contributed by atoms with Crippen LogP contribution in [0.1, 0.15) is 106 Å². The van der Waals surface area contributed by atoms with E-state index in [1.807, 2.05) is 105 Å². The van der Waals surface area contributed by atoms with Crippen molar-refractivity contribution in [3.63, 3.8) is 0 Å².